The predicted molar refractivity (Wildman–Crippen MR) is 128 cm³/mol. The number of carbonyl (C=O) groups is 1. The van der Waals surface area contributed by atoms with Crippen LogP contribution in [-0.2, 0) is 17.8 Å². The molecule has 0 aromatic heterocycles. The highest BCUT2D eigenvalue weighted by Crippen LogP contribution is 2.38. The van der Waals surface area contributed by atoms with Crippen molar-refractivity contribution in [3.05, 3.63) is 88.5 Å². The molecule has 0 saturated carbocycles. The van der Waals surface area contributed by atoms with Gasteiger partial charge in [-0.05, 0) is 78.8 Å². The number of nitrogens with one attached hydrogen (secondary N) is 1. The summed E-state index contributed by atoms with van der Waals surface area (Å²) in [5.74, 6) is 0.190. The molecule has 0 spiro atoms. The molecule has 2 aliphatic rings. The average molecular weight is 437 g/mol. The third kappa shape index (κ3) is 4.11. The number of amides is 1. The molecule has 6 heteroatoms. The minimum atomic E-state index is -0.561. The van der Waals surface area contributed by atoms with Crippen LogP contribution in [-0.4, -0.2) is 37.2 Å². The standard InChI is InChI=1S/C27H24N4O2/c1-31(2)16-17-3-7-21(8-4-17)29-26(20-6-10-24-19(14-20)11-12-33-24)25-22-9-5-18(15-28)13-23(22)30-27(25)32/h3-10,13-14,25H,11-12,16H2,1-2H3,(H,30,32). The number of carbonyl (C=O) groups excluding carboxylic acids is 1. The number of nitrogens with zero attached hydrogens (tertiary/aromatic N) is 3. The second kappa shape index (κ2) is 8.53. The van der Waals surface area contributed by atoms with E-state index in [2.05, 4.69) is 34.5 Å². The van der Waals surface area contributed by atoms with Gasteiger partial charge in [-0.3, -0.25) is 9.79 Å². The fourth-order valence-corrected chi connectivity index (χ4v) is 4.43. The van der Waals surface area contributed by atoms with Gasteiger partial charge in [0.05, 0.1) is 29.6 Å². The summed E-state index contributed by atoms with van der Waals surface area (Å²) in [4.78, 5) is 20.2. The Morgan fingerprint density at radius 2 is 1.97 bits per heavy atom. The molecule has 5 rings (SSSR count). The highest BCUT2D eigenvalue weighted by atomic mass is 16.5. The van der Waals surface area contributed by atoms with Gasteiger partial charge in [0.15, 0.2) is 0 Å². The smallest absolute Gasteiger partial charge is 0.238 e. The number of rotatable bonds is 5. The molecule has 1 unspecified atom stereocenters. The van der Waals surface area contributed by atoms with Crippen LogP contribution in [0.15, 0.2) is 65.7 Å². The zero-order valence-electron chi connectivity index (χ0n) is 18.6. The number of anilines is 1. The maximum atomic E-state index is 13.1. The monoisotopic (exact) mass is 436 g/mol. The summed E-state index contributed by atoms with van der Waals surface area (Å²) in [6.07, 6.45) is 0.842. The molecule has 0 bridgehead atoms. The van der Waals surface area contributed by atoms with Crippen LogP contribution in [0.2, 0.25) is 0 Å². The van der Waals surface area contributed by atoms with Gasteiger partial charge in [0.2, 0.25) is 5.91 Å². The number of ether oxygens (including phenoxy) is 1. The third-order valence-corrected chi connectivity index (χ3v) is 5.96. The van der Waals surface area contributed by atoms with E-state index in [9.17, 15) is 10.1 Å². The van der Waals surface area contributed by atoms with E-state index < -0.39 is 5.92 Å². The quantitative estimate of drug-likeness (QED) is 0.601. The molecule has 0 fully saturated rings. The molecule has 1 atom stereocenters. The van der Waals surface area contributed by atoms with Crippen molar-refractivity contribution in [2.24, 2.45) is 4.99 Å². The molecule has 3 aromatic rings. The summed E-state index contributed by atoms with van der Waals surface area (Å²) in [7, 11) is 4.07. The van der Waals surface area contributed by atoms with Crippen LogP contribution in [0, 0.1) is 11.3 Å². The first kappa shape index (κ1) is 20.9. The van der Waals surface area contributed by atoms with Crippen molar-refractivity contribution >= 4 is 23.0 Å². The Hall–Kier alpha value is -3.95. The molecule has 33 heavy (non-hydrogen) atoms. The van der Waals surface area contributed by atoms with Crippen molar-refractivity contribution < 1.29 is 9.53 Å². The van der Waals surface area contributed by atoms with E-state index in [0.717, 1.165) is 41.1 Å². The van der Waals surface area contributed by atoms with E-state index >= 15 is 0 Å². The van der Waals surface area contributed by atoms with Gasteiger partial charge in [0.1, 0.15) is 11.7 Å². The number of aliphatic imine (C=N–C) groups is 1. The minimum absolute atomic E-state index is 0.139. The number of nitriles is 1. The Kier molecular flexibility index (Phi) is 5.41. The second-order valence-electron chi connectivity index (χ2n) is 8.66. The number of hydrogen-bond acceptors (Lipinski definition) is 5. The SMILES string of the molecule is CN(C)Cc1ccc(N=C(c2ccc3c(c2)CCO3)C2C(=O)Nc3cc(C#N)ccc32)cc1. The van der Waals surface area contributed by atoms with Gasteiger partial charge >= 0.3 is 0 Å². The molecule has 0 saturated heterocycles. The predicted octanol–water partition coefficient (Wildman–Crippen LogP) is 4.41. The summed E-state index contributed by atoms with van der Waals surface area (Å²) >= 11 is 0. The lowest BCUT2D eigenvalue weighted by Gasteiger charge is -2.15. The fraction of sp³-hybridized carbons (Fsp3) is 0.222. The van der Waals surface area contributed by atoms with Crippen molar-refractivity contribution in [2.75, 3.05) is 26.0 Å². The maximum absolute atomic E-state index is 13.1. The van der Waals surface area contributed by atoms with Crippen LogP contribution in [0.25, 0.3) is 0 Å². The van der Waals surface area contributed by atoms with E-state index in [0.29, 0.717) is 23.6 Å². The van der Waals surface area contributed by atoms with Gasteiger partial charge in [-0.15, -0.1) is 0 Å². The Labute approximate surface area is 193 Å². The van der Waals surface area contributed by atoms with Crippen molar-refractivity contribution in [3.63, 3.8) is 0 Å². The Balaban J connectivity index is 1.61. The largest absolute Gasteiger partial charge is 0.493 e. The number of fused-ring (bicyclic) bond motifs is 2. The summed E-state index contributed by atoms with van der Waals surface area (Å²) in [6, 6.07) is 21.6. The molecule has 2 heterocycles. The van der Waals surface area contributed by atoms with E-state index in [-0.39, 0.29) is 5.91 Å². The summed E-state index contributed by atoms with van der Waals surface area (Å²) in [5.41, 5.74) is 6.71. The lowest BCUT2D eigenvalue weighted by Crippen LogP contribution is -2.22. The average Bonchev–Trinajstić information content (AvgIpc) is 3.40. The first-order chi connectivity index (χ1) is 16.0. The first-order valence-electron chi connectivity index (χ1n) is 10.9. The fourth-order valence-electron chi connectivity index (χ4n) is 4.43. The molecule has 1 N–H and O–H groups in total. The van der Waals surface area contributed by atoms with Crippen LogP contribution in [0.3, 0.4) is 0 Å². The molecule has 164 valence electrons. The van der Waals surface area contributed by atoms with Crippen molar-refractivity contribution in [1.29, 1.82) is 5.26 Å². The molecule has 1 amide bonds. The third-order valence-electron chi connectivity index (χ3n) is 5.96. The van der Waals surface area contributed by atoms with Crippen LogP contribution in [0.1, 0.15) is 33.7 Å². The zero-order chi connectivity index (χ0) is 22.9. The van der Waals surface area contributed by atoms with Crippen molar-refractivity contribution in [2.45, 2.75) is 18.9 Å². The van der Waals surface area contributed by atoms with Crippen LogP contribution in [0.4, 0.5) is 11.4 Å². The summed E-state index contributed by atoms with van der Waals surface area (Å²) < 4.78 is 5.67. The number of hydrogen-bond donors (Lipinski definition) is 1. The van der Waals surface area contributed by atoms with E-state index in [1.165, 1.54) is 5.56 Å². The molecular formula is C27H24N4O2. The second-order valence-corrected chi connectivity index (χ2v) is 8.66. The van der Waals surface area contributed by atoms with Gasteiger partial charge in [-0.25, -0.2) is 0 Å². The Bertz CT molecular complexity index is 1300. The van der Waals surface area contributed by atoms with Gasteiger partial charge in [-0.2, -0.15) is 5.26 Å². The van der Waals surface area contributed by atoms with E-state index in [1.807, 2.05) is 44.4 Å². The van der Waals surface area contributed by atoms with Crippen LogP contribution in [0.5, 0.6) is 5.75 Å². The molecule has 3 aromatic carbocycles. The highest BCUT2D eigenvalue weighted by Gasteiger charge is 2.36. The topological polar surface area (TPSA) is 77.7 Å². The van der Waals surface area contributed by atoms with Crippen molar-refractivity contribution in [1.82, 2.24) is 4.90 Å². The van der Waals surface area contributed by atoms with E-state index in [1.54, 1.807) is 12.1 Å². The molecule has 0 radical (unpaired) electrons. The number of benzene rings is 3. The van der Waals surface area contributed by atoms with Crippen molar-refractivity contribution in [3.8, 4) is 11.8 Å². The summed E-state index contributed by atoms with van der Waals surface area (Å²) in [6.45, 7) is 1.52. The van der Waals surface area contributed by atoms with Gasteiger partial charge in [0, 0.05) is 18.7 Å². The lowest BCUT2D eigenvalue weighted by molar-refractivity contribution is -0.115. The molecule has 6 nitrogen and oxygen atoms in total. The maximum Gasteiger partial charge on any atom is 0.238 e. The Morgan fingerprint density at radius 1 is 1.15 bits per heavy atom. The van der Waals surface area contributed by atoms with Crippen LogP contribution < -0.4 is 10.1 Å². The van der Waals surface area contributed by atoms with Gasteiger partial charge < -0.3 is 15.0 Å². The first-order valence-corrected chi connectivity index (χ1v) is 10.9. The summed E-state index contributed by atoms with van der Waals surface area (Å²) in [5, 5.41) is 12.2. The molecule has 0 aliphatic carbocycles. The highest BCUT2D eigenvalue weighted by molar-refractivity contribution is 6.24. The van der Waals surface area contributed by atoms with E-state index in [4.69, 9.17) is 9.73 Å². The minimum Gasteiger partial charge on any atom is -0.493 e. The molecule has 2 aliphatic heterocycles. The van der Waals surface area contributed by atoms with Gasteiger partial charge in [0.25, 0.3) is 0 Å². The normalized spacial score (nSPS) is 16.7. The van der Waals surface area contributed by atoms with Gasteiger partial charge in [-0.1, -0.05) is 18.2 Å². The van der Waals surface area contributed by atoms with Crippen LogP contribution >= 0.6 is 0 Å². The zero-order valence-corrected chi connectivity index (χ0v) is 18.6. The molecular weight excluding hydrogens is 412 g/mol. The Morgan fingerprint density at radius 3 is 2.73 bits per heavy atom. The lowest BCUT2D eigenvalue weighted by atomic mass is 9.89.